The van der Waals surface area contributed by atoms with Gasteiger partial charge in [-0.1, -0.05) is 18.9 Å². The molecule has 6 heteroatoms. The minimum Gasteiger partial charge on any atom is -0.393 e. The van der Waals surface area contributed by atoms with Crippen molar-refractivity contribution in [2.45, 2.75) is 75.6 Å². The van der Waals surface area contributed by atoms with Gasteiger partial charge in [-0.05, 0) is 56.1 Å². The van der Waals surface area contributed by atoms with E-state index in [1.54, 1.807) is 6.20 Å². The number of carbonyl (C=O) groups excluding carboxylic acids is 1. The van der Waals surface area contributed by atoms with Crippen LogP contribution in [0, 0.1) is 11.8 Å². The third-order valence-corrected chi connectivity index (χ3v) is 6.42. The maximum Gasteiger partial charge on any atom is 0.220 e. The van der Waals surface area contributed by atoms with Gasteiger partial charge in [-0.2, -0.15) is 0 Å². The van der Waals surface area contributed by atoms with Gasteiger partial charge in [0.1, 0.15) is 0 Å². The molecule has 1 aromatic rings. The number of amides is 1. The summed E-state index contributed by atoms with van der Waals surface area (Å²) in [5.41, 5.74) is 7.73. The number of aliphatic hydroxyl groups is 1. The number of rotatable bonds is 6. The molecule has 1 aliphatic heterocycles. The van der Waals surface area contributed by atoms with Crippen LogP contribution in [0.1, 0.15) is 63.1 Å². The van der Waals surface area contributed by atoms with Gasteiger partial charge in [0, 0.05) is 24.7 Å². The summed E-state index contributed by atoms with van der Waals surface area (Å²) in [6, 6.07) is 6.68. The number of aliphatic hydroxyl groups excluding tert-OH is 1. The summed E-state index contributed by atoms with van der Waals surface area (Å²) in [7, 11) is 0. The van der Waals surface area contributed by atoms with Crippen molar-refractivity contribution >= 4 is 5.91 Å². The van der Waals surface area contributed by atoms with Crippen LogP contribution in [0.25, 0.3) is 0 Å². The third-order valence-electron chi connectivity index (χ3n) is 6.42. The van der Waals surface area contributed by atoms with E-state index in [1.807, 2.05) is 18.2 Å². The van der Waals surface area contributed by atoms with Crippen molar-refractivity contribution in [2.75, 3.05) is 0 Å². The SMILES string of the molecule is O=C(CCC1NNC2CCCCC21)NC(c1ccccn1)C1CC(O)C1. The number of nitrogens with zero attached hydrogens (tertiary/aromatic N) is 1. The maximum atomic E-state index is 12.6. The Morgan fingerprint density at radius 2 is 2.12 bits per heavy atom. The molecule has 0 spiro atoms. The Morgan fingerprint density at radius 1 is 1.27 bits per heavy atom. The number of hydrazine groups is 1. The highest BCUT2D eigenvalue weighted by molar-refractivity contribution is 5.76. The van der Waals surface area contributed by atoms with E-state index < -0.39 is 0 Å². The molecule has 1 saturated heterocycles. The van der Waals surface area contributed by atoms with Crippen LogP contribution >= 0.6 is 0 Å². The average Bonchev–Trinajstić information content (AvgIpc) is 3.06. The van der Waals surface area contributed by atoms with E-state index in [2.05, 4.69) is 21.2 Å². The predicted octanol–water partition coefficient (Wildman–Crippen LogP) is 1.83. The fraction of sp³-hybridized carbons (Fsp3) is 0.700. The largest absolute Gasteiger partial charge is 0.393 e. The van der Waals surface area contributed by atoms with Crippen LogP contribution < -0.4 is 16.2 Å². The topological polar surface area (TPSA) is 86.3 Å². The minimum atomic E-state index is -0.236. The standard InChI is InChI=1S/C20H30N4O2/c25-14-11-13(12-14)20(18-7-3-4-10-21-18)22-19(26)9-8-17-15-5-1-2-6-16(15)23-24-17/h3-4,7,10,13-17,20,23-25H,1-2,5-6,8-9,11-12H2,(H,22,26). The van der Waals surface area contributed by atoms with Gasteiger partial charge >= 0.3 is 0 Å². The summed E-state index contributed by atoms with van der Waals surface area (Å²) in [6.07, 6.45) is 9.50. The van der Waals surface area contributed by atoms with Gasteiger partial charge in [-0.3, -0.25) is 20.6 Å². The molecule has 142 valence electrons. The van der Waals surface area contributed by atoms with Gasteiger partial charge in [0.05, 0.1) is 17.8 Å². The Balaban J connectivity index is 1.32. The maximum absolute atomic E-state index is 12.6. The first-order valence-electron chi connectivity index (χ1n) is 10.1. The van der Waals surface area contributed by atoms with Crippen LogP contribution in [0.2, 0.25) is 0 Å². The van der Waals surface area contributed by atoms with E-state index in [0.29, 0.717) is 24.4 Å². The fourth-order valence-corrected chi connectivity index (χ4v) is 4.86. The molecule has 0 aromatic carbocycles. The summed E-state index contributed by atoms with van der Waals surface area (Å²) < 4.78 is 0. The predicted molar refractivity (Wildman–Crippen MR) is 98.9 cm³/mol. The Labute approximate surface area is 155 Å². The average molecular weight is 358 g/mol. The van der Waals surface area contributed by atoms with Gasteiger partial charge in [0.25, 0.3) is 0 Å². The molecular weight excluding hydrogens is 328 g/mol. The summed E-state index contributed by atoms with van der Waals surface area (Å²) in [5.74, 6) is 1.02. The van der Waals surface area contributed by atoms with Crippen LogP contribution in [0.3, 0.4) is 0 Å². The second-order valence-corrected chi connectivity index (χ2v) is 8.17. The second-order valence-electron chi connectivity index (χ2n) is 8.17. The summed E-state index contributed by atoms with van der Waals surface area (Å²) >= 11 is 0. The molecule has 1 aromatic heterocycles. The van der Waals surface area contributed by atoms with E-state index in [9.17, 15) is 9.90 Å². The van der Waals surface area contributed by atoms with Crippen molar-refractivity contribution in [3.05, 3.63) is 30.1 Å². The normalized spacial score (nSPS) is 34.6. The van der Waals surface area contributed by atoms with Gasteiger partial charge < -0.3 is 10.4 Å². The van der Waals surface area contributed by atoms with Gasteiger partial charge in [0.15, 0.2) is 0 Å². The zero-order valence-electron chi connectivity index (χ0n) is 15.2. The Kier molecular flexibility index (Phi) is 5.52. The summed E-state index contributed by atoms with van der Waals surface area (Å²) in [4.78, 5) is 17.1. The number of aromatic nitrogens is 1. The number of carbonyl (C=O) groups is 1. The molecule has 2 saturated carbocycles. The lowest BCUT2D eigenvalue weighted by Gasteiger charge is -2.37. The molecule has 2 heterocycles. The van der Waals surface area contributed by atoms with Crippen LogP contribution in [0.15, 0.2) is 24.4 Å². The van der Waals surface area contributed by atoms with E-state index >= 15 is 0 Å². The van der Waals surface area contributed by atoms with Gasteiger partial charge in [-0.15, -0.1) is 0 Å². The van der Waals surface area contributed by atoms with Crippen LogP contribution in [0.5, 0.6) is 0 Å². The molecule has 6 nitrogen and oxygen atoms in total. The van der Waals surface area contributed by atoms with Crippen LogP contribution in [-0.4, -0.2) is 34.2 Å². The number of pyridine rings is 1. The molecule has 2 aliphatic carbocycles. The molecule has 1 amide bonds. The molecule has 0 bridgehead atoms. The van der Waals surface area contributed by atoms with Crippen molar-refractivity contribution < 1.29 is 9.90 Å². The molecule has 4 unspecified atom stereocenters. The number of hydrogen-bond acceptors (Lipinski definition) is 5. The monoisotopic (exact) mass is 358 g/mol. The highest BCUT2D eigenvalue weighted by Crippen LogP contribution is 2.37. The highest BCUT2D eigenvalue weighted by Gasteiger charge is 2.38. The van der Waals surface area contributed by atoms with Crippen molar-refractivity contribution in [1.29, 1.82) is 0 Å². The molecule has 3 fully saturated rings. The molecular formula is C20H30N4O2. The number of fused-ring (bicyclic) bond motifs is 1. The zero-order chi connectivity index (χ0) is 17.9. The molecule has 4 atom stereocenters. The molecule has 4 N–H and O–H groups in total. The molecule has 26 heavy (non-hydrogen) atoms. The van der Waals surface area contributed by atoms with E-state index in [1.165, 1.54) is 25.7 Å². The molecule has 0 radical (unpaired) electrons. The smallest absolute Gasteiger partial charge is 0.220 e. The van der Waals surface area contributed by atoms with Crippen molar-refractivity contribution in [2.24, 2.45) is 11.8 Å². The lowest BCUT2D eigenvalue weighted by atomic mass is 9.76. The van der Waals surface area contributed by atoms with E-state index in [0.717, 1.165) is 25.0 Å². The first-order chi connectivity index (χ1) is 12.7. The van der Waals surface area contributed by atoms with Crippen molar-refractivity contribution in [3.8, 4) is 0 Å². The summed E-state index contributed by atoms with van der Waals surface area (Å²) in [6.45, 7) is 0. The van der Waals surface area contributed by atoms with E-state index in [4.69, 9.17) is 0 Å². The van der Waals surface area contributed by atoms with Gasteiger partial charge in [0.2, 0.25) is 5.91 Å². The number of nitrogens with one attached hydrogen (secondary N) is 3. The third kappa shape index (κ3) is 3.92. The first-order valence-corrected chi connectivity index (χ1v) is 10.1. The summed E-state index contributed by atoms with van der Waals surface area (Å²) in [5, 5.41) is 12.8. The quantitative estimate of drug-likeness (QED) is 0.623. The first kappa shape index (κ1) is 17.9. The highest BCUT2D eigenvalue weighted by atomic mass is 16.3. The van der Waals surface area contributed by atoms with Crippen LogP contribution in [0.4, 0.5) is 0 Å². The van der Waals surface area contributed by atoms with Gasteiger partial charge in [-0.25, -0.2) is 0 Å². The lowest BCUT2D eigenvalue weighted by molar-refractivity contribution is -0.123. The lowest BCUT2D eigenvalue weighted by Crippen LogP contribution is -2.42. The molecule has 3 aliphatic rings. The fourth-order valence-electron chi connectivity index (χ4n) is 4.86. The Bertz CT molecular complexity index is 605. The van der Waals surface area contributed by atoms with Crippen LogP contribution in [-0.2, 0) is 4.79 Å². The van der Waals surface area contributed by atoms with Crippen molar-refractivity contribution in [3.63, 3.8) is 0 Å². The molecule has 4 rings (SSSR count). The zero-order valence-corrected chi connectivity index (χ0v) is 15.2. The van der Waals surface area contributed by atoms with E-state index in [-0.39, 0.29) is 24.0 Å². The van der Waals surface area contributed by atoms with Crippen molar-refractivity contribution in [1.82, 2.24) is 21.2 Å². The second kappa shape index (κ2) is 8.03. The Hall–Kier alpha value is -1.50. The Morgan fingerprint density at radius 3 is 2.88 bits per heavy atom. The minimum absolute atomic E-state index is 0.0862. The number of hydrogen-bond donors (Lipinski definition) is 4.